The molecule has 0 aliphatic carbocycles. The van der Waals surface area contributed by atoms with Crippen LogP contribution in [0.3, 0.4) is 0 Å². The van der Waals surface area contributed by atoms with Crippen molar-refractivity contribution in [3.8, 4) is 6.07 Å². The van der Waals surface area contributed by atoms with Crippen LogP contribution in [0, 0.1) is 18.3 Å². The van der Waals surface area contributed by atoms with E-state index in [1.54, 1.807) is 18.0 Å². The highest BCUT2D eigenvalue weighted by Gasteiger charge is 2.25. The maximum Gasteiger partial charge on any atom is 0.187 e. The van der Waals surface area contributed by atoms with Gasteiger partial charge in [-0.1, -0.05) is 25.6 Å². The largest absolute Gasteiger partial charge is 0.300 e. The Kier molecular flexibility index (Phi) is 5.57. The minimum absolute atomic E-state index is 0.287. The van der Waals surface area contributed by atoms with Crippen molar-refractivity contribution >= 4 is 11.8 Å². The molecule has 0 spiro atoms. The molecule has 0 saturated carbocycles. The Labute approximate surface area is 113 Å². The Morgan fingerprint density at radius 1 is 1.61 bits per heavy atom. The number of aryl methyl sites for hydroxylation is 1. The molecule has 2 atom stereocenters. The van der Waals surface area contributed by atoms with Crippen LogP contribution in [0.1, 0.15) is 32.9 Å². The topological polar surface area (TPSA) is 61.6 Å². The lowest BCUT2D eigenvalue weighted by atomic mass is 9.98. The van der Waals surface area contributed by atoms with E-state index in [0.717, 1.165) is 23.8 Å². The molecule has 5 heteroatoms. The highest BCUT2D eigenvalue weighted by atomic mass is 32.2. The first-order valence-electron chi connectivity index (χ1n) is 6.11. The van der Waals surface area contributed by atoms with Crippen LogP contribution >= 0.6 is 11.8 Å². The number of nitrogens with one attached hydrogen (secondary N) is 1. The van der Waals surface area contributed by atoms with Gasteiger partial charge in [-0.2, -0.15) is 5.26 Å². The number of hydrogen-bond donors (Lipinski definition) is 1. The summed E-state index contributed by atoms with van der Waals surface area (Å²) in [5.74, 6) is 0. The van der Waals surface area contributed by atoms with Crippen LogP contribution in [0.25, 0.3) is 0 Å². The number of hydrogen-bond acceptors (Lipinski definition) is 5. The molecule has 0 aromatic carbocycles. The summed E-state index contributed by atoms with van der Waals surface area (Å²) >= 11 is 1.61. The number of thioether (sulfide) groups is 1. The van der Waals surface area contributed by atoms with E-state index < -0.39 is 5.54 Å². The average molecular weight is 264 g/mol. The molecular weight excluding hydrogens is 244 g/mol. The van der Waals surface area contributed by atoms with E-state index in [9.17, 15) is 5.26 Å². The molecule has 1 aromatic rings. The van der Waals surface area contributed by atoms with Crippen molar-refractivity contribution in [3.63, 3.8) is 0 Å². The van der Waals surface area contributed by atoms with E-state index >= 15 is 0 Å². The number of rotatable bonds is 6. The molecule has 0 fully saturated rings. The summed E-state index contributed by atoms with van der Waals surface area (Å²) in [5.41, 5.74) is 0.486. The summed E-state index contributed by atoms with van der Waals surface area (Å²) < 4.78 is 0. The molecule has 4 nitrogen and oxygen atoms in total. The van der Waals surface area contributed by atoms with Gasteiger partial charge in [-0.15, -0.1) is 0 Å². The van der Waals surface area contributed by atoms with Crippen LogP contribution in [0.5, 0.6) is 0 Å². The van der Waals surface area contributed by atoms with Crippen molar-refractivity contribution in [1.82, 2.24) is 15.3 Å². The Bertz CT molecular complexity index is 429. The van der Waals surface area contributed by atoms with Gasteiger partial charge in [0.1, 0.15) is 5.54 Å². The molecule has 2 unspecified atom stereocenters. The van der Waals surface area contributed by atoms with Gasteiger partial charge in [-0.3, -0.25) is 5.32 Å². The van der Waals surface area contributed by atoms with Gasteiger partial charge in [-0.25, -0.2) is 9.97 Å². The van der Waals surface area contributed by atoms with Crippen LogP contribution in [0.4, 0.5) is 0 Å². The van der Waals surface area contributed by atoms with E-state index in [0.29, 0.717) is 0 Å². The van der Waals surface area contributed by atoms with Crippen LogP contribution in [-0.4, -0.2) is 27.3 Å². The van der Waals surface area contributed by atoms with Gasteiger partial charge in [0.25, 0.3) is 0 Å². The molecule has 0 radical (unpaired) electrons. The third-order valence-electron chi connectivity index (χ3n) is 2.59. The van der Waals surface area contributed by atoms with E-state index in [1.165, 1.54) is 0 Å². The van der Waals surface area contributed by atoms with Gasteiger partial charge < -0.3 is 0 Å². The third-order valence-corrected chi connectivity index (χ3v) is 3.57. The van der Waals surface area contributed by atoms with Gasteiger partial charge in [0, 0.05) is 17.1 Å². The maximum atomic E-state index is 9.22. The molecule has 1 heterocycles. The Morgan fingerprint density at radius 2 is 2.33 bits per heavy atom. The molecule has 0 aliphatic heterocycles. The second kappa shape index (κ2) is 6.72. The zero-order valence-corrected chi connectivity index (χ0v) is 12.2. The highest BCUT2D eigenvalue weighted by Crippen LogP contribution is 2.26. The zero-order chi connectivity index (χ0) is 13.6. The first-order valence-corrected chi connectivity index (χ1v) is 6.99. The standard InChI is InChI=1S/C13H20N4S/c1-5-16-13(4,9-14)8-11(3)18-12-15-7-6-10(2)17-12/h6-7,11,16H,5,8H2,1-4H3. The van der Waals surface area contributed by atoms with E-state index in [2.05, 4.69) is 28.3 Å². The van der Waals surface area contributed by atoms with Crippen LogP contribution < -0.4 is 5.32 Å². The first-order chi connectivity index (χ1) is 8.49. The molecule has 0 aliphatic rings. The van der Waals surface area contributed by atoms with E-state index in [4.69, 9.17) is 0 Å². The maximum absolute atomic E-state index is 9.22. The second-order valence-electron chi connectivity index (χ2n) is 4.59. The summed E-state index contributed by atoms with van der Waals surface area (Å²) in [6, 6.07) is 4.22. The highest BCUT2D eigenvalue weighted by molar-refractivity contribution is 7.99. The van der Waals surface area contributed by atoms with E-state index in [-0.39, 0.29) is 5.25 Å². The number of nitrogens with zero attached hydrogens (tertiary/aromatic N) is 3. The molecule has 1 aromatic heterocycles. The van der Waals surface area contributed by atoms with Crippen LogP contribution in [0.15, 0.2) is 17.4 Å². The summed E-state index contributed by atoms with van der Waals surface area (Å²) in [4.78, 5) is 8.59. The van der Waals surface area contributed by atoms with Crippen molar-refractivity contribution in [2.24, 2.45) is 0 Å². The molecule has 0 bridgehead atoms. The normalized spacial score (nSPS) is 15.7. The zero-order valence-electron chi connectivity index (χ0n) is 11.4. The van der Waals surface area contributed by atoms with Crippen LogP contribution in [-0.2, 0) is 0 Å². The Morgan fingerprint density at radius 3 is 2.89 bits per heavy atom. The number of nitriles is 1. The smallest absolute Gasteiger partial charge is 0.187 e. The fraction of sp³-hybridized carbons (Fsp3) is 0.615. The van der Waals surface area contributed by atoms with Crippen molar-refractivity contribution in [1.29, 1.82) is 5.26 Å². The average Bonchev–Trinajstić information content (AvgIpc) is 2.29. The van der Waals surface area contributed by atoms with Gasteiger partial charge in [0.15, 0.2) is 5.16 Å². The predicted octanol–water partition coefficient (Wildman–Crippen LogP) is 2.55. The predicted molar refractivity (Wildman–Crippen MR) is 74.4 cm³/mol. The summed E-state index contributed by atoms with van der Waals surface area (Å²) in [6.45, 7) is 8.79. The fourth-order valence-corrected chi connectivity index (χ4v) is 2.92. The van der Waals surface area contributed by atoms with Crippen molar-refractivity contribution in [2.45, 2.75) is 50.1 Å². The molecule has 1 N–H and O–H groups in total. The first kappa shape index (κ1) is 14.9. The van der Waals surface area contributed by atoms with Gasteiger partial charge in [-0.05, 0) is 32.9 Å². The molecular formula is C13H20N4S. The Balaban J connectivity index is 2.61. The monoisotopic (exact) mass is 264 g/mol. The van der Waals surface area contributed by atoms with Crippen molar-refractivity contribution in [2.75, 3.05) is 6.54 Å². The van der Waals surface area contributed by atoms with Gasteiger partial charge in [0.2, 0.25) is 0 Å². The summed E-state index contributed by atoms with van der Waals surface area (Å²) in [6.07, 6.45) is 2.53. The number of aromatic nitrogens is 2. The quantitative estimate of drug-likeness (QED) is 0.632. The lowest BCUT2D eigenvalue weighted by Gasteiger charge is -2.25. The molecule has 0 saturated heterocycles. The molecule has 0 amide bonds. The minimum atomic E-state index is -0.481. The molecule has 18 heavy (non-hydrogen) atoms. The lowest BCUT2D eigenvalue weighted by molar-refractivity contribution is 0.429. The Hall–Kier alpha value is -1.12. The lowest BCUT2D eigenvalue weighted by Crippen LogP contribution is -2.42. The summed E-state index contributed by atoms with van der Waals surface area (Å²) in [7, 11) is 0. The van der Waals surface area contributed by atoms with Gasteiger partial charge >= 0.3 is 0 Å². The second-order valence-corrected chi connectivity index (χ2v) is 5.99. The fourth-order valence-electron chi connectivity index (χ4n) is 1.83. The molecule has 98 valence electrons. The summed E-state index contributed by atoms with van der Waals surface area (Å²) in [5, 5.41) is 13.5. The minimum Gasteiger partial charge on any atom is -0.300 e. The van der Waals surface area contributed by atoms with Crippen LogP contribution in [0.2, 0.25) is 0 Å². The third kappa shape index (κ3) is 4.63. The van der Waals surface area contributed by atoms with Crippen molar-refractivity contribution in [3.05, 3.63) is 18.0 Å². The van der Waals surface area contributed by atoms with Crippen molar-refractivity contribution < 1.29 is 0 Å². The molecule has 1 rings (SSSR count). The van der Waals surface area contributed by atoms with E-state index in [1.807, 2.05) is 26.8 Å². The SMILES string of the molecule is CCNC(C)(C#N)CC(C)Sc1nccc(C)n1. The van der Waals surface area contributed by atoms with Gasteiger partial charge in [0.05, 0.1) is 6.07 Å².